The molecule has 0 saturated carbocycles. The second-order valence-electron chi connectivity index (χ2n) is 9.07. The predicted molar refractivity (Wildman–Crippen MR) is 141 cm³/mol. The van der Waals surface area contributed by atoms with Crippen molar-refractivity contribution in [2.45, 2.75) is 40.3 Å². The summed E-state index contributed by atoms with van der Waals surface area (Å²) >= 11 is 0. The van der Waals surface area contributed by atoms with Gasteiger partial charge in [0, 0.05) is 19.2 Å². The third kappa shape index (κ3) is 7.61. The molecule has 2 rings (SSSR count). The molecule has 0 saturated heterocycles. The maximum atomic E-state index is 13.7. The lowest BCUT2D eigenvalue weighted by molar-refractivity contribution is -0.139. The number of benzene rings is 2. The minimum absolute atomic E-state index is 0.152. The zero-order chi connectivity index (χ0) is 27.0. The van der Waals surface area contributed by atoms with Gasteiger partial charge < -0.3 is 19.7 Å². The van der Waals surface area contributed by atoms with E-state index in [0.29, 0.717) is 12.3 Å². The van der Waals surface area contributed by atoms with Crippen molar-refractivity contribution in [3.05, 3.63) is 53.6 Å². The Morgan fingerprint density at radius 2 is 1.69 bits per heavy atom. The van der Waals surface area contributed by atoms with Crippen molar-refractivity contribution in [3.63, 3.8) is 0 Å². The number of carbonyl (C=O) groups excluding carboxylic acids is 2. The Kier molecular flexibility index (Phi) is 10.2. The molecule has 0 fully saturated rings. The average molecular weight is 520 g/mol. The van der Waals surface area contributed by atoms with E-state index in [2.05, 4.69) is 5.32 Å². The highest BCUT2D eigenvalue weighted by molar-refractivity contribution is 7.92. The van der Waals surface area contributed by atoms with Gasteiger partial charge in [-0.05, 0) is 43.0 Å². The van der Waals surface area contributed by atoms with E-state index in [1.165, 1.54) is 25.2 Å². The van der Waals surface area contributed by atoms with Crippen molar-refractivity contribution in [1.82, 2.24) is 10.2 Å². The van der Waals surface area contributed by atoms with Crippen LogP contribution in [0.2, 0.25) is 0 Å². The zero-order valence-electron chi connectivity index (χ0n) is 22.1. The molecule has 1 atom stereocenters. The molecule has 0 aliphatic heterocycles. The van der Waals surface area contributed by atoms with Gasteiger partial charge in [0.05, 0.1) is 26.2 Å². The monoisotopic (exact) mass is 519 g/mol. The van der Waals surface area contributed by atoms with Crippen molar-refractivity contribution < 1.29 is 27.5 Å². The summed E-state index contributed by atoms with van der Waals surface area (Å²) in [5.74, 6) is 0.130. The topological polar surface area (TPSA) is 105 Å². The highest BCUT2D eigenvalue weighted by atomic mass is 32.2. The highest BCUT2D eigenvalue weighted by Crippen LogP contribution is 2.33. The Labute approximate surface area is 214 Å². The number of methoxy groups -OCH3 is 2. The number of amides is 2. The van der Waals surface area contributed by atoms with Crippen LogP contribution in [-0.2, 0) is 26.2 Å². The molecule has 0 aliphatic carbocycles. The molecule has 9 nitrogen and oxygen atoms in total. The molecule has 0 spiro atoms. The summed E-state index contributed by atoms with van der Waals surface area (Å²) in [6.07, 6.45) is 1.02. The Morgan fingerprint density at radius 3 is 2.25 bits per heavy atom. The standard InChI is InChI=1S/C26H37N3O6S/c1-18(2)15-27-26(31)20(4)28(16-21-11-9-8-10-19(21)3)25(30)17-29(36(7,32)33)23-13-12-22(34-5)14-24(23)35-6/h8-14,18,20H,15-17H2,1-7H3,(H,27,31)/t20-/m1/s1. The normalized spacial score (nSPS) is 12.1. The molecular weight excluding hydrogens is 482 g/mol. The van der Waals surface area contributed by atoms with Gasteiger partial charge in [0.25, 0.3) is 0 Å². The number of carbonyl (C=O) groups is 2. The maximum absolute atomic E-state index is 13.7. The largest absolute Gasteiger partial charge is 0.497 e. The molecule has 1 N–H and O–H groups in total. The summed E-state index contributed by atoms with van der Waals surface area (Å²) in [7, 11) is -0.986. The number of hydrogen-bond donors (Lipinski definition) is 1. The smallest absolute Gasteiger partial charge is 0.244 e. The fourth-order valence-electron chi connectivity index (χ4n) is 3.59. The minimum Gasteiger partial charge on any atom is -0.497 e. The molecule has 2 aromatic rings. The van der Waals surface area contributed by atoms with Crippen molar-refractivity contribution in [3.8, 4) is 11.5 Å². The molecule has 0 aliphatic rings. The Hall–Kier alpha value is -3.27. The maximum Gasteiger partial charge on any atom is 0.244 e. The highest BCUT2D eigenvalue weighted by Gasteiger charge is 2.31. The van der Waals surface area contributed by atoms with Crippen LogP contribution in [0.1, 0.15) is 31.9 Å². The number of anilines is 1. The van der Waals surface area contributed by atoms with E-state index < -0.39 is 28.5 Å². The molecule has 0 aromatic heterocycles. The molecule has 2 amide bonds. The van der Waals surface area contributed by atoms with Gasteiger partial charge in [0.15, 0.2) is 0 Å². The van der Waals surface area contributed by atoms with Crippen LogP contribution in [0.15, 0.2) is 42.5 Å². The Morgan fingerprint density at radius 1 is 1.03 bits per heavy atom. The number of ether oxygens (including phenoxy) is 2. The van der Waals surface area contributed by atoms with E-state index in [-0.39, 0.29) is 29.8 Å². The van der Waals surface area contributed by atoms with Crippen molar-refractivity contribution in [2.75, 3.05) is 37.9 Å². The quantitative estimate of drug-likeness (QED) is 0.462. The molecule has 0 radical (unpaired) electrons. The van der Waals surface area contributed by atoms with Crippen LogP contribution in [0, 0.1) is 12.8 Å². The van der Waals surface area contributed by atoms with Crippen molar-refractivity contribution >= 4 is 27.5 Å². The molecule has 198 valence electrons. The summed E-state index contributed by atoms with van der Waals surface area (Å²) in [4.78, 5) is 28.0. The van der Waals surface area contributed by atoms with Gasteiger partial charge in [-0.3, -0.25) is 13.9 Å². The Balaban J connectivity index is 2.45. The third-order valence-corrected chi connectivity index (χ3v) is 6.92. The summed E-state index contributed by atoms with van der Waals surface area (Å²) in [5.41, 5.74) is 2.02. The van der Waals surface area contributed by atoms with Gasteiger partial charge in [-0.15, -0.1) is 0 Å². The van der Waals surface area contributed by atoms with E-state index >= 15 is 0 Å². The summed E-state index contributed by atoms with van der Waals surface area (Å²) in [6.45, 7) is 7.64. The fraction of sp³-hybridized carbons (Fsp3) is 0.462. The molecule has 36 heavy (non-hydrogen) atoms. The van der Waals surface area contributed by atoms with Crippen LogP contribution in [0.4, 0.5) is 5.69 Å². The van der Waals surface area contributed by atoms with Crippen LogP contribution in [0.25, 0.3) is 0 Å². The number of rotatable bonds is 12. The third-order valence-electron chi connectivity index (χ3n) is 5.79. The molecule has 2 aromatic carbocycles. The first-order valence-corrected chi connectivity index (χ1v) is 13.5. The summed E-state index contributed by atoms with van der Waals surface area (Å²) < 4.78 is 37.2. The van der Waals surface area contributed by atoms with Gasteiger partial charge in [-0.1, -0.05) is 38.1 Å². The average Bonchev–Trinajstić information content (AvgIpc) is 2.83. The number of hydrogen-bond acceptors (Lipinski definition) is 6. The van der Waals surface area contributed by atoms with Crippen LogP contribution >= 0.6 is 0 Å². The zero-order valence-corrected chi connectivity index (χ0v) is 22.9. The fourth-order valence-corrected chi connectivity index (χ4v) is 4.44. The first-order chi connectivity index (χ1) is 16.9. The lowest BCUT2D eigenvalue weighted by atomic mass is 10.1. The van der Waals surface area contributed by atoms with Crippen LogP contribution in [-0.4, -0.2) is 64.7 Å². The van der Waals surface area contributed by atoms with Gasteiger partial charge in [-0.2, -0.15) is 0 Å². The molecule has 0 heterocycles. The second kappa shape index (κ2) is 12.6. The van der Waals surface area contributed by atoms with E-state index in [1.54, 1.807) is 19.1 Å². The minimum atomic E-state index is -3.88. The number of aryl methyl sites for hydroxylation is 1. The van der Waals surface area contributed by atoms with Crippen LogP contribution in [0.5, 0.6) is 11.5 Å². The number of sulfonamides is 1. The SMILES string of the molecule is COc1ccc(N(CC(=O)N(Cc2ccccc2C)[C@H](C)C(=O)NCC(C)C)S(C)(=O)=O)c(OC)c1. The van der Waals surface area contributed by atoms with Gasteiger partial charge in [-0.25, -0.2) is 8.42 Å². The van der Waals surface area contributed by atoms with E-state index in [0.717, 1.165) is 21.7 Å². The summed E-state index contributed by atoms with van der Waals surface area (Å²) in [6, 6.07) is 11.4. The Bertz CT molecular complexity index is 1170. The van der Waals surface area contributed by atoms with Crippen LogP contribution in [0.3, 0.4) is 0 Å². The molecule has 10 heteroatoms. The first kappa shape index (κ1) is 29.0. The van der Waals surface area contributed by atoms with E-state index in [1.807, 2.05) is 45.0 Å². The van der Waals surface area contributed by atoms with E-state index in [4.69, 9.17) is 9.47 Å². The molecular formula is C26H37N3O6S. The lowest BCUT2D eigenvalue weighted by Crippen LogP contribution is -2.51. The lowest BCUT2D eigenvalue weighted by Gasteiger charge is -2.32. The van der Waals surface area contributed by atoms with Crippen LogP contribution < -0.4 is 19.1 Å². The van der Waals surface area contributed by atoms with Gasteiger partial charge in [0.2, 0.25) is 21.8 Å². The molecule has 0 bridgehead atoms. The van der Waals surface area contributed by atoms with E-state index in [9.17, 15) is 18.0 Å². The number of nitrogens with one attached hydrogen (secondary N) is 1. The van der Waals surface area contributed by atoms with Crippen molar-refractivity contribution in [1.29, 1.82) is 0 Å². The van der Waals surface area contributed by atoms with Gasteiger partial charge in [0.1, 0.15) is 24.1 Å². The molecule has 0 unspecified atom stereocenters. The number of nitrogens with zero attached hydrogens (tertiary/aromatic N) is 2. The predicted octanol–water partition coefficient (Wildman–Crippen LogP) is 2.97. The first-order valence-electron chi connectivity index (χ1n) is 11.7. The van der Waals surface area contributed by atoms with Gasteiger partial charge >= 0.3 is 0 Å². The second-order valence-corrected chi connectivity index (χ2v) is 11.0. The van der Waals surface area contributed by atoms with Crippen molar-refractivity contribution in [2.24, 2.45) is 5.92 Å². The summed E-state index contributed by atoms with van der Waals surface area (Å²) in [5, 5.41) is 2.87.